The molecule has 5 heteroatoms. The highest BCUT2D eigenvalue weighted by atomic mass is 79.9. The minimum absolute atomic E-state index is 0.0477. The highest BCUT2D eigenvalue weighted by Crippen LogP contribution is 2.34. The lowest BCUT2D eigenvalue weighted by molar-refractivity contribution is 0.0992. The fraction of sp³-hybridized carbons (Fsp3) is 0.188. The van der Waals surface area contributed by atoms with E-state index in [9.17, 15) is 4.79 Å². The molecule has 0 radical (unpaired) electrons. The van der Waals surface area contributed by atoms with E-state index in [1.54, 1.807) is 18.2 Å². The zero-order valence-electron chi connectivity index (χ0n) is 11.2. The van der Waals surface area contributed by atoms with E-state index in [-0.39, 0.29) is 5.78 Å². The van der Waals surface area contributed by atoms with Crippen molar-refractivity contribution in [2.75, 3.05) is 12.3 Å². The Labute approximate surface area is 139 Å². The summed E-state index contributed by atoms with van der Waals surface area (Å²) < 4.78 is 7.38. The third-order valence-corrected chi connectivity index (χ3v) is 4.64. The number of carbonyl (C=O) groups excluding carboxylic acids is 1. The standard InChI is InChI=1S/C16H13Br2NO2/c17-12-5-10-3-4-21-16(10)11(6-12)8-15(20)9-1-2-14(19)13(18)7-9/h1-2,5-7H,3-4,8,19H2. The number of ketones is 1. The molecule has 2 aromatic rings. The molecule has 2 N–H and O–H groups in total. The topological polar surface area (TPSA) is 52.3 Å². The second kappa shape index (κ2) is 5.81. The van der Waals surface area contributed by atoms with E-state index in [1.807, 2.05) is 6.07 Å². The molecule has 0 saturated heterocycles. The van der Waals surface area contributed by atoms with Crippen molar-refractivity contribution in [3.05, 3.63) is 56.0 Å². The first kappa shape index (κ1) is 14.6. The molecule has 3 rings (SSSR count). The van der Waals surface area contributed by atoms with Gasteiger partial charge in [0.1, 0.15) is 5.75 Å². The number of benzene rings is 2. The summed E-state index contributed by atoms with van der Waals surface area (Å²) in [7, 11) is 0. The number of carbonyl (C=O) groups is 1. The second-order valence-electron chi connectivity index (χ2n) is 4.99. The SMILES string of the molecule is Nc1ccc(C(=O)Cc2cc(Br)cc3c2OCC3)cc1Br. The summed E-state index contributed by atoms with van der Waals surface area (Å²) in [6, 6.07) is 9.25. The minimum atomic E-state index is 0.0477. The van der Waals surface area contributed by atoms with Crippen LogP contribution in [-0.2, 0) is 12.8 Å². The van der Waals surface area contributed by atoms with Crippen molar-refractivity contribution in [3.63, 3.8) is 0 Å². The van der Waals surface area contributed by atoms with Crippen molar-refractivity contribution < 1.29 is 9.53 Å². The number of hydrogen-bond donors (Lipinski definition) is 1. The summed E-state index contributed by atoms with van der Waals surface area (Å²) in [5, 5.41) is 0. The molecule has 0 fully saturated rings. The van der Waals surface area contributed by atoms with Crippen LogP contribution >= 0.6 is 31.9 Å². The Morgan fingerprint density at radius 2 is 2.05 bits per heavy atom. The molecule has 21 heavy (non-hydrogen) atoms. The van der Waals surface area contributed by atoms with Crippen LogP contribution in [0.2, 0.25) is 0 Å². The van der Waals surface area contributed by atoms with Crippen LogP contribution in [0.25, 0.3) is 0 Å². The Balaban J connectivity index is 1.90. The minimum Gasteiger partial charge on any atom is -0.493 e. The van der Waals surface area contributed by atoms with E-state index in [1.165, 1.54) is 0 Å². The largest absolute Gasteiger partial charge is 0.493 e. The molecule has 1 aliphatic rings. The van der Waals surface area contributed by atoms with E-state index in [4.69, 9.17) is 10.5 Å². The van der Waals surface area contributed by atoms with Crippen molar-refractivity contribution in [1.29, 1.82) is 0 Å². The average Bonchev–Trinajstić information content (AvgIpc) is 2.90. The summed E-state index contributed by atoms with van der Waals surface area (Å²) >= 11 is 6.84. The van der Waals surface area contributed by atoms with Crippen molar-refractivity contribution in [1.82, 2.24) is 0 Å². The number of anilines is 1. The van der Waals surface area contributed by atoms with Gasteiger partial charge in [0.25, 0.3) is 0 Å². The molecule has 0 saturated carbocycles. The van der Waals surface area contributed by atoms with Gasteiger partial charge in [-0.1, -0.05) is 15.9 Å². The maximum Gasteiger partial charge on any atom is 0.167 e. The van der Waals surface area contributed by atoms with Gasteiger partial charge in [-0.05, 0) is 51.8 Å². The van der Waals surface area contributed by atoms with Crippen LogP contribution in [0.1, 0.15) is 21.5 Å². The first-order valence-corrected chi connectivity index (χ1v) is 8.15. The first-order valence-electron chi connectivity index (χ1n) is 6.57. The maximum absolute atomic E-state index is 12.5. The molecule has 108 valence electrons. The normalized spacial score (nSPS) is 12.9. The fourth-order valence-electron chi connectivity index (χ4n) is 2.45. The first-order chi connectivity index (χ1) is 10.0. The summed E-state index contributed by atoms with van der Waals surface area (Å²) in [5.41, 5.74) is 9.10. The monoisotopic (exact) mass is 409 g/mol. The maximum atomic E-state index is 12.5. The third-order valence-electron chi connectivity index (χ3n) is 3.50. The number of hydrogen-bond acceptors (Lipinski definition) is 3. The van der Waals surface area contributed by atoms with Crippen molar-refractivity contribution in [3.8, 4) is 5.75 Å². The van der Waals surface area contributed by atoms with Crippen LogP contribution in [0.15, 0.2) is 39.3 Å². The van der Waals surface area contributed by atoms with Gasteiger partial charge in [-0.2, -0.15) is 0 Å². The molecular weight excluding hydrogens is 398 g/mol. The van der Waals surface area contributed by atoms with E-state index in [2.05, 4.69) is 37.9 Å². The second-order valence-corrected chi connectivity index (χ2v) is 6.76. The number of ether oxygens (including phenoxy) is 1. The smallest absolute Gasteiger partial charge is 0.167 e. The number of halogens is 2. The highest BCUT2D eigenvalue weighted by molar-refractivity contribution is 9.10. The molecule has 0 aromatic heterocycles. The lowest BCUT2D eigenvalue weighted by atomic mass is 10.00. The Morgan fingerprint density at radius 1 is 1.24 bits per heavy atom. The Bertz CT molecular complexity index is 728. The predicted molar refractivity (Wildman–Crippen MR) is 89.9 cm³/mol. The van der Waals surface area contributed by atoms with E-state index < -0.39 is 0 Å². The van der Waals surface area contributed by atoms with Gasteiger partial charge in [-0.3, -0.25) is 4.79 Å². The van der Waals surface area contributed by atoms with Gasteiger partial charge in [0.2, 0.25) is 0 Å². The number of nitrogens with two attached hydrogens (primary N) is 1. The molecule has 0 aliphatic carbocycles. The lowest BCUT2D eigenvalue weighted by Crippen LogP contribution is -2.05. The van der Waals surface area contributed by atoms with Crippen molar-refractivity contribution in [2.24, 2.45) is 0 Å². The molecular formula is C16H13Br2NO2. The van der Waals surface area contributed by atoms with Crippen LogP contribution in [0, 0.1) is 0 Å². The van der Waals surface area contributed by atoms with Gasteiger partial charge in [0.05, 0.1) is 6.61 Å². The summed E-state index contributed by atoms with van der Waals surface area (Å²) in [5.74, 6) is 0.910. The van der Waals surface area contributed by atoms with E-state index in [0.29, 0.717) is 24.3 Å². The van der Waals surface area contributed by atoms with Gasteiger partial charge in [-0.15, -0.1) is 0 Å². The molecule has 0 bridgehead atoms. The predicted octanol–water partition coefficient (Wildman–Crippen LogP) is 4.15. The summed E-state index contributed by atoms with van der Waals surface area (Å²) in [4.78, 5) is 12.5. The zero-order valence-corrected chi connectivity index (χ0v) is 14.3. The molecule has 1 heterocycles. The van der Waals surface area contributed by atoms with Crippen LogP contribution < -0.4 is 10.5 Å². The van der Waals surface area contributed by atoms with Crippen molar-refractivity contribution >= 4 is 43.3 Å². The van der Waals surface area contributed by atoms with Gasteiger partial charge in [0.15, 0.2) is 5.78 Å². The zero-order chi connectivity index (χ0) is 15.0. The van der Waals surface area contributed by atoms with E-state index >= 15 is 0 Å². The molecule has 0 amide bonds. The van der Waals surface area contributed by atoms with Crippen LogP contribution in [0.3, 0.4) is 0 Å². The average molecular weight is 411 g/mol. The molecule has 0 spiro atoms. The Hall–Kier alpha value is -1.33. The third kappa shape index (κ3) is 2.99. The fourth-order valence-corrected chi connectivity index (χ4v) is 3.38. The lowest BCUT2D eigenvalue weighted by Gasteiger charge is -2.09. The van der Waals surface area contributed by atoms with Crippen LogP contribution in [-0.4, -0.2) is 12.4 Å². The molecule has 0 atom stereocenters. The Kier molecular flexibility index (Phi) is 4.04. The molecule has 1 aliphatic heterocycles. The van der Waals surface area contributed by atoms with Gasteiger partial charge < -0.3 is 10.5 Å². The number of rotatable bonds is 3. The molecule has 2 aromatic carbocycles. The number of nitrogen functional groups attached to an aromatic ring is 1. The number of Topliss-reactive ketones (excluding diaryl/α,β-unsaturated/α-hetero) is 1. The summed E-state index contributed by atoms with van der Waals surface area (Å²) in [6.07, 6.45) is 1.21. The van der Waals surface area contributed by atoms with Gasteiger partial charge in [0, 0.05) is 38.6 Å². The Morgan fingerprint density at radius 3 is 2.81 bits per heavy atom. The molecule has 0 unspecified atom stereocenters. The summed E-state index contributed by atoms with van der Waals surface area (Å²) in [6.45, 7) is 0.681. The molecule has 3 nitrogen and oxygen atoms in total. The van der Waals surface area contributed by atoms with Gasteiger partial charge >= 0.3 is 0 Å². The quantitative estimate of drug-likeness (QED) is 0.610. The number of fused-ring (bicyclic) bond motifs is 1. The van der Waals surface area contributed by atoms with E-state index in [0.717, 1.165) is 32.2 Å². The van der Waals surface area contributed by atoms with Crippen molar-refractivity contribution in [2.45, 2.75) is 12.8 Å². The van der Waals surface area contributed by atoms with Crippen LogP contribution in [0.4, 0.5) is 5.69 Å². The van der Waals surface area contributed by atoms with Crippen LogP contribution in [0.5, 0.6) is 5.75 Å². The van der Waals surface area contributed by atoms with Gasteiger partial charge in [-0.25, -0.2) is 0 Å². The highest BCUT2D eigenvalue weighted by Gasteiger charge is 2.20.